The Kier molecular flexibility index (Phi) is 6.29. The fourth-order valence-corrected chi connectivity index (χ4v) is 1.40. The SMILES string of the molecule is CCCOCCC(=O)Nc1ccccc1CO. The van der Waals surface area contributed by atoms with Gasteiger partial charge in [-0.05, 0) is 12.5 Å². The zero-order valence-corrected chi connectivity index (χ0v) is 10.1. The van der Waals surface area contributed by atoms with Crippen molar-refractivity contribution in [2.45, 2.75) is 26.4 Å². The summed E-state index contributed by atoms with van der Waals surface area (Å²) in [5.41, 5.74) is 1.38. The highest BCUT2D eigenvalue weighted by Gasteiger charge is 2.05. The van der Waals surface area contributed by atoms with Gasteiger partial charge in [0.05, 0.1) is 19.6 Å². The van der Waals surface area contributed by atoms with Crippen LogP contribution >= 0.6 is 0 Å². The van der Waals surface area contributed by atoms with Gasteiger partial charge in [-0.1, -0.05) is 25.1 Å². The molecule has 94 valence electrons. The van der Waals surface area contributed by atoms with Crippen LogP contribution in [0.1, 0.15) is 25.3 Å². The normalized spacial score (nSPS) is 10.2. The van der Waals surface area contributed by atoms with E-state index in [1.807, 2.05) is 19.1 Å². The van der Waals surface area contributed by atoms with Crippen LogP contribution in [0, 0.1) is 0 Å². The van der Waals surface area contributed by atoms with E-state index < -0.39 is 0 Å². The summed E-state index contributed by atoms with van der Waals surface area (Å²) in [5, 5.41) is 11.9. The minimum atomic E-state index is -0.0954. The van der Waals surface area contributed by atoms with E-state index in [1.54, 1.807) is 12.1 Å². The van der Waals surface area contributed by atoms with Gasteiger partial charge in [0.15, 0.2) is 0 Å². The highest BCUT2D eigenvalue weighted by atomic mass is 16.5. The molecule has 0 saturated heterocycles. The summed E-state index contributed by atoms with van der Waals surface area (Å²) in [6, 6.07) is 7.20. The lowest BCUT2D eigenvalue weighted by Gasteiger charge is -2.09. The van der Waals surface area contributed by atoms with Crippen LogP contribution in [0.5, 0.6) is 0 Å². The van der Waals surface area contributed by atoms with E-state index in [0.29, 0.717) is 25.3 Å². The Balaban J connectivity index is 2.39. The molecule has 1 rings (SSSR count). The van der Waals surface area contributed by atoms with Crippen molar-refractivity contribution in [2.24, 2.45) is 0 Å². The lowest BCUT2D eigenvalue weighted by molar-refractivity contribution is -0.117. The number of hydrogen-bond acceptors (Lipinski definition) is 3. The number of benzene rings is 1. The van der Waals surface area contributed by atoms with Gasteiger partial charge in [0.2, 0.25) is 5.91 Å². The number of ether oxygens (including phenoxy) is 1. The maximum absolute atomic E-state index is 11.6. The van der Waals surface area contributed by atoms with Crippen molar-refractivity contribution >= 4 is 11.6 Å². The molecule has 0 aliphatic rings. The predicted octanol–water partition coefficient (Wildman–Crippen LogP) is 1.93. The topological polar surface area (TPSA) is 58.6 Å². The van der Waals surface area contributed by atoms with Crippen molar-refractivity contribution in [1.82, 2.24) is 0 Å². The van der Waals surface area contributed by atoms with E-state index in [2.05, 4.69) is 5.32 Å². The van der Waals surface area contributed by atoms with E-state index >= 15 is 0 Å². The number of nitrogens with one attached hydrogen (secondary N) is 1. The molecule has 0 atom stereocenters. The van der Waals surface area contributed by atoms with Crippen molar-refractivity contribution in [3.05, 3.63) is 29.8 Å². The van der Waals surface area contributed by atoms with E-state index in [-0.39, 0.29) is 12.5 Å². The molecule has 0 bridgehead atoms. The van der Waals surface area contributed by atoms with Gasteiger partial charge in [0.25, 0.3) is 0 Å². The van der Waals surface area contributed by atoms with Crippen LogP contribution in [0.25, 0.3) is 0 Å². The molecule has 1 aromatic carbocycles. The standard InChI is InChI=1S/C13H19NO3/c1-2-8-17-9-7-13(16)14-12-6-4-3-5-11(12)10-15/h3-6,15H,2,7-10H2,1H3,(H,14,16). The van der Waals surface area contributed by atoms with E-state index in [1.165, 1.54) is 0 Å². The summed E-state index contributed by atoms with van der Waals surface area (Å²) in [6.07, 6.45) is 1.29. The molecular formula is C13H19NO3. The molecule has 1 aromatic rings. The highest BCUT2D eigenvalue weighted by Crippen LogP contribution is 2.14. The number of aliphatic hydroxyl groups is 1. The second-order valence-corrected chi connectivity index (χ2v) is 3.73. The number of aliphatic hydroxyl groups excluding tert-OH is 1. The molecule has 0 spiro atoms. The Hall–Kier alpha value is -1.39. The van der Waals surface area contributed by atoms with Crippen molar-refractivity contribution in [2.75, 3.05) is 18.5 Å². The summed E-state index contributed by atoms with van der Waals surface area (Å²) in [7, 11) is 0. The van der Waals surface area contributed by atoms with Gasteiger partial charge in [-0.25, -0.2) is 0 Å². The van der Waals surface area contributed by atoms with Crippen LogP contribution in [0.3, 0.4) is 0 Å². The first kappa shape index (κ1) is 13.7. The maximum Gasteiger partial charge on any atom is 0.226 e. The van der Waals surface area contributed by atoms with Crippen molar-refractivity contribution < 1.29 is 14.6 Å². The third-order valence-corrected chi connectivity index (χ3v) is 2.28. The molecule has 0 unspecified atom stereocenters. The number of para-hydroxylation sites is 1. The Labute approximate surface area is 102 Å². The van der Waals surface area contributed by atoms with Crippen molar-refractivity contribution in [3.8, 4) is 0 Å². The Morgan fingerprint density at radius 1 is 1.35 bits per heavy atom. The molecule has 0 aliphatic carbocycles. The third kappa shape index (κ3) is 4.97. The number of amides is 1. The molecule has 17 heavy (non-hydrogen) atoms. The molecule has 0 fully saturated rings. The van der Waals surface area contributed by atoms with E-state index in [0.717, 1.165) is 12.0 Å². The number of carbonyl (C=O) groups excluding carboxylic acids is 1. The molecule has 0 saturated carbocycles. The van der Waals surface area contributed by atoms with Crippen LogP contribution in [0.4, 0.5) is 5.69 Å². The van der Waals surface area contributed by atoms with Gasteiger partial charge in [-0.2, -0.15) is 0 Å². The quantitative estimate of drug-likeness (QED) is 0.712. The highest BCUT2D eigenvalue weighted by molar-refractivity contribution is 5.91. The Bertz CT molecular complexity index is 352. The number of carbonyl (C=O) groups is 1. The molecule has 2 N–H and O–H groups in total. The third-order valence-electron chi connectivity index (χ3n) is 2.28. The second kappa shape index (κ2) is 7.81. The van der Waals surface area contributed by atoms with E-state index in [9.17, 15) is 4.79 Å². The van der Waals surface area contributed by atoms with Crippen LogP contribution in [-0.2, 0) is 16.1 Å². The number of hydrogen-bond donors (Lipinski definition) is 2. The lowest BCUT2D eigenvalue weighted by atomic mass is 10.2. The smallest absolute Gasteiger partial charge is 0.226 e. The van der Waals surface area contributed by atoms with Crippen LogP contribution in [0.2, 0.25) is 0 Å². The van der Waals surface area contributed by atoms with Gasteiger partial charge in [-0.3, -0.25) is 4.79 Å². The molecule has 0 heterocycles. The fraction of sp³-hybridized carbons (Fsp3) is 0.462. The monoisotopic (exact) mass is 237 g/mol. The summed E-state index contributed by atoms with van der Waals surface area (Å²) in [6.45, 7) is 3.06. The number of rotatable bonds is 7. The minimum absolute atomic E-state index is 0.0806. The zero-order chi connectivity index (χ0) is 12.5. The molecule has 0 radical (unpaired) electrons. The summed E-state index contributed by atoms with van der Waals surface area (Å²) >= 11 is 0. The van der Waals surface area contributed by atoms with Gasteiger partial charge in [0, 0.05) is 17.9 Å². The summed E-state index contributed by atoms with van der Waals surface area (Å²) in [4.78, 5) is 11.6. The molecule has 0 aliphatic heterocycles. The Morgan fingerprint density at radius 2 is 2.12 bits per heavy atom. The fourth-order valence-electron chi connectivity index (χ4n) is 1.40. The lowest BCUT2D eigenvalue weighted by Crippen LogP contribution is -2.15. The van der Waals surface area contributed by atoms with Gasteiger partial charge < -0.3 is 15.2 Å². The summed E-state index contributed by atoms with van der Waals surface area (Å²) < 4.78 is 5.24. The predicted molar refractivity (Wildman–Crippen MR) is 66.7 cm³/mol. The molecule has 4 nitrogen and oxygen atoms in total. The first-order chi connectivity index (χ1) is 8.27. The number of anilines is 1. The first-order valence-corrected chi connectivity index (χ1v) is 5.84. The average Bonchev–Trinajstić information content (AvgIpc) is 2.35. The maximum atomic E-state index is 11.6. The first-order valence-electron chi connectivity index (χ1n) is 5.84. The largest absolute Gasteiger partial charge is 0.392 e. The van der Waals surface area contributed by atoms with Crippen molar-refractivity contribution in [1.29, 1.82) is 0 Å². The average molecular weight is 237 g/mol. The minimum Gasteiger partial charge on any atom is -0.392 e. The van der Waals surface area contributed by atoms with Crippen molar-refractivity contribution in [3.63, 3.8) is 0 Å². The Morgan fingerprint density at radius 3 is 2.82 bits per heavy atom. The molecule has 1 amide bonds. The van der Waals surface area contributed by atoms with Gasteiger partial charge in [0.1, 0.15) is 0 Å². The molecule has 0 aromatic heterocycles. The summed E-state index contributed by atoms with van der Waals surface area (Å²) in [5.74, 6) is -0.0954. The van der Waals surface area contributed by atoms with Crippen LogP contribution in [0.15, 0.2) is 24.3 Å². The molecular weight excluding hydrogens is 218 g/mol. The second-order valence-electron chi connectivity index (χ2n) is 3.73. The zero-order valence-electron chi connectivity index (χ0n) is 10.1. The van der Waals surface area contributed by atoms with Gasteiger partial charge in [-0.15, -0.1) is 0 Å². The van der Waals surface area contributed by atoms with Gasteiger partial charge >= 0.3 is 0 Å². The molecule has 4 heteroatoms. The van der Waals surface area contributed by atoms with Crippen LogP contribution < -0.4 is 5.32 Å². The van der Waals surface area contributed by atoms with E-state index in [4.69, 9.17) is 9.84 Å². The van der Waals surface area contributed by atoms with Crippen LogP contribution in [-0.4, -0.2) is 24.2 Å².